The first-order valence-electron chi connectivity index (χ1n) is 6.21. The summed E-state index contributed by atoms with van der Waals surface area (Å²) in [7, 11) is 0. The molecule has 0 spiro atoms. The quantitative estimate of drug-likeness (QED) is 0.789. The number of halogens is 2. The molecule has 0 heterocycles. The zero-order valence-electron chi connectivity index (χ0n) is 10.4. The third-order valence-electron chi connectivity index (χ3n) is 3.56. The summed E-state index contributed by atoms with van der Waals surface area (Å²) in [6, 6.07) is 5.82. The van der Waals surface area contributed by atoms with Crippen LogP contribution in [0.15, 0.2) is 22.7 Å². The maximum Gasteiger partial charge on any atom is 0.252 e. The smallest absolute Gasteiger partial charge is 0.252 e. The molecule has 98 valence electrons. The predicted molar refractivity (Wildman–Crippen MR) is 81.3 cm³/mol. The number of benzene rings is 1. The second-order valence-electron chi connectivity index (χ2n) is 5.06. The van der Waals surface area contributed by atoms with Gasteiger partial charge in [-0.05, 0) is 53.4 Å². The fourth-order valence-electron chi connectivity index (χ4n) is 2.46. The Morgan fingerprint density at radius 2 is 2.06 bits per heavy atom. The number of aryl methyl sites for hydroxylation is 1. The lowest BCUT2D eigenvalue weighted by Crippen LogP contribution is -2.47. The lowest BCUT2D eigenvalue weighted by atomic mass is 10.00. The summed E-state index contributed by atoms with van der Waals surface area (Å²) >= 11 is 7.00. The normalized spacial score (nSPS) is 17.7. The van der Waals surface area contributed by atoms with E-state index in [1.54, 1.807) is 0 Å². The number of nitrogens with one attached hydrogen (secondary N) is 1. The first-order chi connectivity index (χ1) is 8.56. The van der Waals surface area contributed by atoms with Crippen LogP contribution in [0.25, 0.3) is 0 Å². The highest BCUT2D eigenvalue weighted by molar-refractivity contribution is 9.10. The van der Waals surface area contributed by atoms with E-state index in [0.29, 0.717) is 5.56 Å². The minimum absolute atomic E-state index is 0.0169. The Morgan fingerprint density at radius 1 is 1.39 bits per heavy atom. The Balaban J connectivity index is 2.16. The number of hydrogen-bond acceptors (Lipinski definition) is 1. The van der Waals surface area contributed by atoms with Gasteiger partial charge in [-0.1, -0.05) is 34.8 Å². The average Bonchev–Trinajstić information content (AvgIpc) is 2.78. The SMILES string of the molecule is Cc1ccc(C(=O)NC2(CBr)CCCC2)c(Br)c1. The summed E-state index contributed by atoms with van der Waals surface area (Å²) in [5, 5.41) is 4.03. The van der Waals surface area contributed by atoms with Gasteiger partial charge in [-0.25, -0.2) is 0 Å². The zero-order chi connectivity index (χ0) is 13.2. The van der Waals surface area contributed by atoms with Crippen LogP contribution in [-0.2, 0) is 0 Å². The van der Waals surface area contributed by atoms with E-state index >= 15 is 0 Å². The first-order valence-corrected chi connectivity index (χ1v) is 8.12. The van der Waals surface area contributed by atoms with Crippen LogP contribution in [0.2, 0.25) is 0 Å². The topological polar surface area (TPSA) is 29.1 Å². The van der Waals surface area contributed by atoms with E-state index in [9.17, 15) is 4.79 Å². The number of hydrogen-bond donors (Lipinski definition) is 1. The average molecular weight is 375 g/mol. The van der Waals surface area contributed by atoms with Crippen LogP contribution in [0, 0.1) is 6.92 Å². The van der Waals surface area contributed by atoms with Crippen LogP contribution in [0.1, 0.15) is 41.6 Å². The van der Waals surface area contributed by atoms with Gasteiger partial charge in [-0.15, -0.1) is 0 Å². The van der Waals surface area contributed by atoms with Gasteiger partial charge in [0.05, 0.1) is 11.1 Å². The number of alkyl halides is 1. The molecule has 18 heavy (non-hydrogen) atoms. The molecule has 2 nitrogen and oxygen atoms in total. The van der Waals surface area contributed by atoms with Gasteiger partial charge in [0, 0.05) is 9.80 Å². The highest BCUT2D eigenvalue weighted by Crippen LogP contribution is 2.32. The van der Waals surface area contributed by atoms with Crippen molar-refractivity contribution in [2.45, 2.75) is 38.1 Å². The van der Waals surface area contributed by atoms with Crippen molar-refractivity contribution in [3.63, 3.8) is 0 Å². The zero-order valence-corrected chi connectivity index (χ0v) is 13.6. The molecule has 1 aromatic rings. The Labute approximate surface area is 125 Å². The first kappa shape index (κ1) is 14.1. The van der Waals surface area contributed by atoms with E-state index < -0.39 is 0 Å². The van der Waals surface area contributed by atoms with Crippen molar-refractivity contribution in [3.8, 4) is 0 Å². The molecule has 2 rings (SSSR count). The van der Waals surface area contributed by atoms with Crippen molar-refractivity contribution >= 4 is 37.8 Å². The Kier molecular flexibility index (Phi) is 4.49. The van der Waals surface area contributed by atoms with Crippen LogP contribution in [0.3, 0.4) is 0 Å². The highest BCUT2D eigenvalue weighted by atomic mass is 79.9. The maximum atomic E-state index is 12.3. The van der Waals surface area contributed by atoms with E-state index in [0.717, 1.165) is 28.2 Å². The van der Waals surface area contributed by atoms with Crippen molar-refractivity contribution in [2.75, 3.05) is 5.33 Å². The lowest BCUT2D eigenvalue weighted by Gasteiger charge is -2.28. The van der Waals surface area contributed by atoms with Gasteiger partial charge in [0.15, 0.2) is 0 Å². The van der Waals surface area contributed by atoms with Gasteiger partial charge in [-0.3, -0.25) is 4.79 Å². The Bertz CT molecular complexity index is 453. The second kappa shape index (κ2) is 5.74. The largest absolute Gasteiger partial charge is 0.346 e. The summed E-state index contributed by atoms with van der Waals surface area (Å²) in [6.07, 6.45) is 4.52. The number of amides is 1. The second-order valence-corrected chi connectivity index (χ2v) is 6.47. The van der Waals surface area contributed by atoms with E-state index in [1.165, 1.54) is 12.8 Å². The third-order valence-corrected chi connectivity index (χ3v) is 5.29. The van der Waals surface area contributed by atoms with E-state index in [4.69, 9.17) is 0 Å². The van der Waals surface area contributed by atoms with Crippen molar-refractivity contribution in [1.29, 1.82) is 0 Å². The van der Waals surface area contributed by atoms with E-state index in [1.807, 2.05) is 25.1 Å². The molecule has 0 radical (unpaired) electrons. The van der Waals surface area contributed by atoms with Crippen LogP contribution in [0.4, 0.5) is 0 Å². The van der Waals surface area contributed by atoms with Gasteiger partial charge in [0.2, 0.25) is 0 Å². The molecule has 4 heteroatoms. The van der Waals surface area contributed by atoms with Crippen molar-refractivity contribution in [3.05, 3.63) is 33.8 Å². The predicted octanol–water partition coefficient (Wildman–Crippen LogP) is 4.20. The van der Waals surface area contributed by atoms with Gasteiger partial charge in [0.25, 0.3) is 5.91 Å². The van der Waals surface area contributed by atoms with Crippen LogP contribution in [0.5, 0.6) is 0 Å². The molecule has 0 atom stereocenters. The fraction of sp³-hybridized carbons (Fsp3) is 0.500. The molecule has 0 saturated heterocycles. The van der Waals surface area contributed by atoms with Crippen molar-refractivity contribution < 1.29 is 4.79 Å². The monoisotopic (exact) mass is 373 g/mol. The molecule has 0 aliphatic heterocycles. The molecule has 0 bridgehead atoms. The van der Waals surface area contributed by atoms with Gasteiger partial charge < -0.3 is 5.32 Å². The Hall–Kier alpha value is -0.350. The number of rotatable bonds is 3. The summed E-state index contributed by atoms with van der Waals surface area (Å²) in [5.41, 5.74) is 1.81. The molecule has 1 aromatic carbocycles. The summed E-state index contributed by atoms with van der Waals surface area (Å²) in [6.45, 7) is 2.02. The molecule has 1 aliphatic carbocycles. The molecule has 0 aromatic heterocycles. The maximum absolute atomic E-state index is 12.3. The van der Waals surface area contributed by atoms with Crippen LogP contribution < -0.4 is 5.32 Å². The molecule has 1 fully saturated rings. The standard InChI is InChI=1S/C14H17Br2NO/c1-10-4-5-11(12(16)8-10)13(18)17-14(9-15)6-2-3-7-14/h4-5,8H,2-3,6-7,9H2,1H3,(H,17,18). The summed E-state index contributed by atoms with van der Waals surface area (Å²) < 4.78 is 0.864. The minimum atomic E-state index is -0.0542. The van der Waals surface area contributed by atoms with Crippen molar-refractivity contribution in [2.24, 2.45) is 0 Å². The van der Waals surface area contributed by atoms with Gasteiger partial charge >= 0.3 is 0 Å². The lowest BCUT2D eigenvalue weighted by molar-refractivity contribution is 0.0909. The molecule has 1 N–H and O–H groups in total. The van der Waals surface area contributed by atoms with Gasteiger partial charge in [0.1, 0.15) is 0 Å². The van der Waals surface area contributed by atoms with Gasteiger partial charge in [-0.2, -0.15) is 0 Å². The van der Waals surface area contributed by atoms with E-state index in [2.05, 4.69) is 37.2 Å². The molecule has 1 saturated carbocycles. The number of carbonyl (C=O) groups excluding carboxylic acids is 1. The molecule has 1 aliphatic rings. The van der Waals surface area contributed by atoms with E-state index in [-0.39, 0.29) is 11.4 Å². The minimum Gasteiger partial charge on any atom is -0.346 e. The molecule has 0 unspecified atom stereocenters. The molecular weight excluding hydrogens is 358 g/mol. The Morgan fingerprint density at radius 3 is 2.61 bits per heavy atom. The third kappa shape index (κ3) is 2.97. The van der Waals surface area contributed by atoms with Crippen molar-refractivity contribution in [1.82, 2.24) is 5.32 Å². The molecule has 1 amide bonds. The van der Waals surface area contributed by atoms with Crippen LogP contribution >= 0.6 is 31.9 Å². The fourth-order valence-corrected chi connectivity index (χ4v) is 3.83. The van der Waals surface area contributed by atoms with Crippen LogP contribution in [-0.4, -0.2) is 16.8 Å². The summed E-state index contributed by atoms with van der Waals surface area (Å²) in [4.78, 5) is 12.3. The highest BCUT2D eigenvalue weighted by Gasteiger charge is 2.34. The molecular formula is C14H17Br2NO. The number of carbonyl (C=O) groups is 1. The summed E-state index contributed by atoms with van der Waals surface area (Å²) in [5.74, 6) is 0.0169.